The highest BCUT2D eigenvalue weighted by molar-refractivity contribution is 5.72. The molecule has 112 valence electrons. The van der Waals surface area contributed by atoms with Gasteiger partial charge in [0.15, 0.2) is 0 Å². The van der Waals surface area contributed by atoms with Gasteiger partial charge < -0.3 is 14.5 Å². The zero-order chi connectivity index (χ0) is 14.4. The van der Waals surface area contributed by atoms with Crippen LogP contribution in [-0.2, 0) is 22.5 Å². The van der Waals surface area contributed by atoms with Gasteiger partial charge in [-0.25, -0.2) is 4.98 Å². The van der Waals surface area contributed by atoms with Crippen LogP contribution in [0.4, 0.5) is 0 Å². The van der Waals surface area contributed by atoms with Crippen molar-refractivity contribution in [1.29, 1.82) is 0 Å². The minimum atomic E-state index is -0.0524. The average molecular weight is 280 g/mol. The van der Waals surface area contributed by atoms with Gasteiger partial charge in [-0.3, -0.25) is 4.79 Å². The summed E-state index contributed by atoms with van der Waals surface area (Å²) in [6.07, 6.45) is 6.58. The monoisotopic (exact) mass is 280 g/mol. The molecule has 1 aliphatic rings. The van der Waals surface area contributed by atoms with Crippen molar-refractivity contribution in [2.24, 2.45) is 5.92 Å². The van der Waals surface area contributed by atoms with Crippen LogP contribution in [0, 0.1) is 5.92 Å². The van der Waals surface area contributed by atoms with Crippen molar-refractivity contribution in [1.82, 2.24) is 10.3 Å². The summed E-state index contributed by atoms with van der Waals surface area (Å²) in [6, 6.07) is 0.343. The summed E-state index contributed by atoms with van der Waals surface area (Å²) >= 11 is 0. The molecular weight excluding hydrogens is 256 g/mol. The number of esters is 1. The highest BCUT2D eigenvalue weighted by Crippen LogP contribution is 2.25. The third-order valence-corrected chi connectivity index (χ3v) is 3.79. The van der Waals surface area contributed by atoms with Gasteiger partial charge in [-0.05, 0) is 26.2 Å². The lowest BCUT2D eigenvalue weighted by Gasteiger charge is -2.28. The Labute approximate surface area is 120 Å². The molecule has 0 saturated heterocycles. The Morgan fingerprint density at radius 1 is 1.50 bits per heavy atom. The van der Waals surface area contributed by atoms with E-state index in [-0.39, 0.29) is 11.9 Å². The number of nitrogens with one attached hydrogen (secondary N) is 1. The number of carbonyl (C=O) groups excluding carboxylic acids is 1. The Bertz CT molecular complexity index is 431. The van der Waals surface area contributed by atoms with Gasteiger partial charge in [0.2, 0.25) is 5.89 Å². The topological polar surface area (TPSA) is 64.4 Å². The summed E-state index contributed by atoms with van der Waals surface area (Å²) in [4.78, 5) is 16.0. The van der Waals surface area contributed by atoms with E-state index in [0.29, 0.717) is 19.2 Å². The Kier molecular flexibility index (Phi) is 5.59. The van der Waals surface area contributed by atoms with Gasteiger partial charge in [-0.15, -0.1) is 0 Å². The average Bonchev–Trinajstić information content (AvgIpc) is 2.94. The fraction of sp³-hybridized carbons (Fsp3) is 0.733. The lowest BCUT2D eigenvalue weighted by atomic mass is 9.86. The minimum Gasteiger partial charge on any atom is -0.466 e. The fourth-order valence-electron chi connectivity index (χ4n) is 2.67. The van der Waals surface area contributed by atoms with E-state index in [9.17, 15) is 4.79 Å². The first-order valence-corrected chi connectivity index (χ1v) is 7.56. The maximum atomic E-state index is 11.8. The molecule has 1 N–H and O–H groups in total. The van der Waals surface area contributed by atoms with Crippen LogP contribution in [0.15, 0.2) is 10.6 Å². The number of nitrogens with zero attached hydrogens (tertiary/aromatic N) is 1. The highest BCUT2D eigenvalue weighted by atomic mass is 16.5. The van der Waals surface area contributed by atoms with Crippen LogP contribution in [0.3, 0.4) is 0 Å². The van der Waals surface area contributed by atoms with Crippen molar-refractivity contribution in [2.45, 2.75) is 58.5 Å². The molecule has 1 aliphatic carbocycles. The molecule has 20 heavy (non-hydrogen) atoms. The molecule has 5 heteroatoms. The van der Waals surface area contributed by atoms with E-state index >= 15 is 0 Å². The molecule has 1 aromatic rings. The summed E-state index contributed by atoms with van der Waals surface area (Å²) in [5.41, 5.74) is 0. The zero-order valence-corrected chi connectivity index (χ0v) is 12.4. The van der Waals surface area contributed by atoms with Crippen molar-refractivity contribution >= 4 is 5.97 Å². The quantitative estimate of drug-likeness (QED) is 0.811. The number of hydrogen-bond acceptors (Lipinski definition) is 5. The van der Waals surface area contributed by atoms with E-state index in [1.165, 1.54) is 0 Å². The molecule has 1 heterocycles. The van der Waals surface area contributed by atoms with Gasteiger partial charge in [0, 0.05) is 12.5 Å². The van der Waals surface area contributed by atoms with Gasteiger partial charge in [-0.2, -0.15) is 0 Å². The van der Waals surface area contributed by atoms with E-state index < -0.39 is 0 Å². The second-order valence-electron chi connectivity index (χ2n) is 5.27. The van der Waals surface area contributed by atoms with E-state index in [0.717, 1.165) is 43.8 Å². The van der Waals surface area contributed by atoms with Crippen molar-refractivity contribution in [3.63, 3.8) is 0 Å². The Morgan fingerprint density at radius 3 is 3.05 bits per heavy atom. The molecule has 0 spiro atoms. The maximum absolute atomic E-state index is 11.8. The van der Waals surface area contributed by atoms with Crippen LogP contribution in [0.5, 0.6) is 0 Å². The Morgan fingerprint density at radius 2 is 2.35 bits per heavy atom. The summed E-state index contributed by atoms with van der Waals surface area (Å²) in [5, 5.41) is 3.44. The number of aryl methyl sites for hydroxylation is 1. The molecule has 0 amide bonds. The molecule has 0 radical (unpaired) electrons. The number of aromatic nitrogens is 1. The molecule has 2 unspecified atom stereocenters. The van der Waals surface area contributed by atoms with Gasteiger partial charge in [-0.1, -0.05) is 13.3 Å². The van der Waals surface area contributed by atoms with E-state index in [2.05, 4.69) is 10.3 Å². The lowest BCUT2D eigenvalue weighted by Crippen LogP contribution is -2.36. The normalized spacial score (nSPS) is 22.7. The molecule has 0 aromatic carbocycles. The summed E-state index contributed by atoms with van der Waals surface area (Å²) in [5.74, 6) is 1.62. The smallest absolute Gasteiger partial charge is 0.308 e. The van der Waals surface area contributed by atoms with Crippen LogP contribution >= 0.6 is 0 Å². The first-order chi connectivity index (χ1) is 9.72. The van der Waals surface area contributed by atoms with E-state index in [1.807, 2.05) is 13.8 Å². The summed E-state index contributed by atoms with van der Waals surface area (Å²) < 4.78 is 10.7. The lowest BCUT2D eigenvalue weighted by molar-refractivity contribution is -0.149. The predicted octanol–water partition coefficient (Wildman–Crippen LogP) is 2.45. The van der Waals surface area contributed by atoms with Crippen molar-refractivity contribution in [3.05, 3.63) is 17.8 Å². The van der Waals surface area contributed by atoms with E-state index in [4.69, 9.17) is 9.15 Å². The second kappa shape index (κ2) is 7.43. The minimum absolute atomic E-state index is 0.0389. The largest absolute Gasteiger partial charge is 0.466 e. The van der Waals surface area contributed by atoms with Gasteiger partial charge in [0.05, 0.1) is 25.3 Å². The molecular formula is C15H24N2O3. The highest BCUT2D eigenvalue weighted by Gasteiger charge is 2.28. The molecule has 1 fully saturated rings. The van der Waals surface area contributed by atoms with Gasteiger partial charge in [0.25, 0.3) is 0 Å². The van der Waals surface area contributed by atoms with Crippen LogP contribution in [0.25, 0.3) is 0 Å². The van der Waals surface area contributed by atoms with Crippen LogP contribution in [0.2, 0.25) is 0 Å². The Hall–Kier alpha value is -1.36. The molecule has 2 atom stereocenters. The number of carbonyl (C=O) groups is 1. The summed E-state index contributed by atoms with van der Waals surface area (Å²) in [6.45, 7) is 4.98. The van der Waals surface area contributed by atoms with Gasteiger partial charge in [0.1, 0.15) is 5.76 Å². The van der Waals surface area contributed by atoms with Crippen molar-refractivity contribution in [2.75, 3.05) is 6.61 Å². The van der Waals surface area contributed by atoms with Crippen LogP contribution < -0.4 is 5.32 Å². The SMILES string of the molecule is CCOC(=O)C1CCCC(NCc2ncc(CC)o2)C1. The van der Waals surface area contributed by atoms with E-state index in [1.54, 1.807) is 6.20 Å². The molecule has 1 saturated carbocycles. The standard InChI is InChI=1S/C15H24N2O3/c1-3-13-9-17-14(20-13)10-16-12-7-5-6-11(8-12)15(18)19-4-2/h9,11-12,16H,3-8,10H2,1-2H3. The Balaban J connectivity index is 1.79. The molecule has 1 aromatic heterocycles. The van der Waals surface area contributed by atoms with Crippen LogP contribution in [0.1, 0.15) is 51.2 Å². The zero-order valence-electron chi connectivity index (χ0n) is 12.4. The third kappa shape index (κ3) is 4.07. The molecule has 2 rings (SSSR count). The first kappa shape index (κ1) is 15.0. The molecule has 5 nitrogen and oxygen atoms in total. The van der Waals surface area contributed by atoms with Crippen LogP contribution in [-0.4, -0.2) is 23.6 Å². The van der Waals surface area contributed by atoms with Gasteiger partial charge >= 0.3 is 5.97 Å². The van der Waals surface area contributed by atoms with Crippen molar-refractivity contribution < 1.29 is 13.9 Å². The van der Waals surface area contributed by atoms with Crippen molar-refractivity contribution in [3.8, 4) is 0 Å². The maximum Gasteiger partial charge on any atom is 0.308 e. The molecule has 0 bridgehead atoms. The second-order valence-corrected chi connectivity index (χ2v) is 5.27. The fourth-order valence-corrected chi connectivity index (χ4v) is 2.67. The number of ether oxygens (including phenoxy) is 1. The third-order valence-electron chi connectivity index (χ3n) is 3.79. The summed E-state index contributed by atoms with van der Waals surface area (Å²) in [7, 11) is 0. The molecule has 0 aliphatic heterocycles. The predicted molar refractivity (Wildman–Crippen MR) is 75.1 cm³/mol. The number of hydrogen-bond donors (Lipinski definition) is 1. The number of rotatable bonds is 6. The first-order valence-electron chi connectivity index (χ1n) is 7.56. The number of oxazole rings is 1.